The first-order valence-electron chi connectivity index (χ1n) is 4.15. The lowest BCUT2D eigenvalue weighted by Gasteiger charge is -2.35. The molecule has 8 heteroatoms. The summed E-state index contributed by atoms with van der Waals surface area (Å²) < 4.78 is 8.80. The molecule has 0 spiro atoms. The monoisotopic (exact) mass is 238 g/mol. The molecule has 0 unspecified atom stereocenters. The van der Waals surface area contributed by atoms with Crippen molar-refractivity contribution >= 4 is 11.9 Å². The van der Waals surface area contributed by atoms with E-state index in [1.165, 1.54) is 0 Å². The van der Waals surface area contributed by atoms with E-state index in [0.717, 1.165) is 14.2 Å². The summed E-state index contributed by atoms with van der Waals surface area (Å²) >= 11 is 0. The Balaban J connectivity index is 5.43. The molecular weight excluding hydrogens is 224 g/mol. The summed E-state index contributed by atoms with van der Waals surface area (Å²) in [7, 11) is 2.12. The molecule has 0 aromatic rings. The molecule has 0 bridgehead atoms. The molecule has 0 aromatic carbocycles. The molecule has 0 radical (unpaired) electrons. The van der Waals surface area contributed by atoms with E-state index >= 15 is 0 Å². The van der Waals surface area contributed by atoms with Crippen LogP contribution in [0.5, 0.6) is 0 Å². The second kappa shape index (κ2) is 5.21. The molecule has 0 amide bonds. The number of carbonyl (C=O) groups is 2. The van der Waals surface area contributed by atoms with E-state index in [-0.39, 0.29) is 0 Å². The number of aliphatic hydroxyl groups is 2. The zero-order valence-electron chi connectivity index (χ0n) is 8.84. The highest BCUT2D eigenvalue weighted by molar-refractivity contribution is 5.91. The highest BCUT2D eigenvalue weighted by Gasteiger charge is 2.61. The summed E-state index contributed by atoms with van der Waals surface area (Å²) in [4.78, 5) is 21.7. The van der Waals surface area contributed by atoms with E-state index < -0.39 is 36.4 Å². The van der Waals surface area contributed by atoms with Gasteiger partial charge in [0.05, 0.1) is 13.2 Å². The van der Waals surface area contributed by atoms with E-state index in [0.29, 0.717) is 0 Å². The Bertz CT molecular complexity index is 249. The van der Waals surface area contributed by atoms with Gasteiger partial charge in [-0.3, -0.25) is 0 Å². The van der Waals surface area contributed by atoms with Gasteiger partial charge in [0.25, 0.3) is 0 Å². The standard InChI is InChI=1S/C8H14O8/c1-15-3-7(13,5(9)10)8(14,4-16-2)6(11)12/h13-14H,3-4H2,1-2H3,(H,9,10)(H,11,12)/t7-,8-/m1/s1. The average molecular weight is 238 g/mol. The van der Waals surface area contributed by atoms with Crippen LogP contribution in [0.15, 0.2) is 0 Å². The second-order valence-electron chi connectivity index (χ2n) is 3.20. The van der Waals surface area contributed by atoms with Crippen molar-refractivity contribution in [2.45, 2.75) is 11.2 Å². The van der Waals surface area contributed by atoms with Crippen molar-refractivity contribution in [1.82, 2.24) is 0 Å². The Kier molecular flexibility index (Phi) is 4.81. The molecule has 0 aromatic heterocycles. The van der Waals surface area contributed by atoms with Gasteiger partial charge in [-0.15, -0.1) is 0 Å². The molecule has 4 N–H and O–H groups in total. The molecule has 8 nitrogen and oxygen atoms in total. The Hall–Kier alpha value is -1.22. The Labute approximate surface area is 91.0 Å². The van der Waals surface area contributed by atoms with Gasteiger partial charge in [-0.05, 0) is 0 Å². The maximum Gasteiger partial charge on any atom is 0.342 e. The van der Waals surface area contributed by atoms with Crippen molar-refractivity contribution in [3.8, 4) is 0 Å². The third-order valence-electron chi connectivity index (χ3n) is 2.10. The number of aliphatic carboxylic acids is 2. The maximum absolute atomic E-state index is 10.8. The van der Waals surface area contributed by atoms with Gasteiger partial charge >= 0.3 is 11.9 Å². The predicted molar refractivity (Wildman–Crippen MR) is 48.9 cm³/mol. The minimum Gasteiger partial charge on any atom is -0.479 e. The number of methoxy groups -OCH3 is 2. The van der Waals surface area contributed by atoms with Crippen LogP contribution >= 0.6 is 0 Å². The SMILES string of the molecule is COC[C@@](O)(C(=O)O)[C@@](O)(COC)C(=O)O. The van der Waals surface area contributed by atoms with Gasteiger partial charge in [0.2, 0.25) is 11.2 Å². The number of hydrogen-bond donors (Lipinski definition) is 4. The Morgan fingerprint density at radius 2 is 1.19 bits per heavy atom. The van der Waals surface area contributed by atoms with Gasteiger partial charge in [0, 0.05) is 14.2 Å². The summed E-state index contributed by atoms with van der Waals surface area (Å²) in [5.41, 5.74) is -5.99. The molecule has 0 aliphatic heterocycles. The summed E-state index contributed by atoms with van der Waals surface area (Å²) in [5, 5.41) is 36.9. The number of hydrogen-bond acceptors (Lipinski definition) is 6. The lowest BCUT2D eigenvalue weighted by molar-refractivity contribution is -0.224. The normalized spacial score (nSPS) is 18.5. The fourth-order valence-electron chi connectivity index (χ4n) is 1.13. The van der Waals surface area contributed by atoms with Crippen molar-refractivity contribution in [2.24, 2.45) is 0 Å². The quantitative estimate of drug-likeness (QED) is 0.396. The second-order valence-corrected chi connectivity index (χ2v) is 3.20. The summed E-state index contributed by atoms with van der Waals surface area (Å²) in [6.45, 7) is -1.79. The minimum absolute atomic E-state index is 0.894. The van der Waals surface area contributed by atoms with Crippen LogP contribution in [0.4, 0.5) is 0 Å². The first-order valence-corrected chi connectivity index (χ1v) is 4.15. The zero-order chi connectivity index (χ0) is 13.0. The van der Waals surface area contributed by atoms with Gasteiger partial charge < -0.3 is 29.9 Å². The summed E-state index contributed by atoms with van der Waals surface area (Å²) in [6.07, 6.45) is 0. The molecule has 0 heterocycles. The molecule has 0 aliphatic rings. The van der Waals surface area contributed by atoms with E-state index in [1.54, 1.807) is 0 Å². The Morgan fingerprint density at radius 1 is 0.938 bits per heavy atom. The van der Waals surface area contributed by atoms with Gasteiger partial charge in [-0.25, -0.2) is 9.59 Å². The number of rotatable bonds is 7. The van der Waals surface area contributed by atoms with Crippen molar-refractivity contribution in [3.63, 3.8) is 0 Å². The maximum atomic E-state index is 10.8. The predicted octanol–water partition coefficient (Wildman–Crippen LogP) is -2.09. The first kappa shape index (κ1) is 14.8. The van der Waals surface area contributed by atoms with Gasteiger partial charge in [-0.2, -0.15) is 0 Å². The van der Waals surface area contributed by atoms with Crippen LogP contribution < -0.4 is 0 Å². The molecule has 2 atom stereocenters. The van der Waals surface area contributed by atoms with Crippen LogP contribution in [0.25, 0.3) is 0 Å². The van der Waals surface area contributed by atoms with Crippen LogP contribution in [0.3, 0.4) is 0 Å². The summed E-state index contributed by atoms with van der Waals surface area (Å²) in [5.74, 6) is -3.84. The minimum atomic E-state index is -3.00. The molecule has 0 saturated carbocycles. The number of carboxylic acids is 2. The lowest BCUT2D eigenvalue weighted by atomic mass is 9.83. The van der Waals surface area contributed by atoms with Gasteiger partial charge in [0.1, 0.15) is 0 Å². The molecule has 0 fully saturated rings. The van der Waals surface area contributed by atoms with Crippen LogP contribution in [0.2, 0.25) is 0 Å². The van der Waals surface area contributed by atoms with Crippen LogP contribution in [-0.4, -0.2) is 71.0 Å². The zero-order valence-corrected chi connectivity index (χ0v) is 8.84. The molecule has 0 saturated heterocycles. The highest BCUT2D eigenvalue weighted by atomic mass is 16.5. The lowest BCUT2D eigenvalue weighted by Crippen LogP contribution is -2.68. The molecule has 0 aliphatic carbocycles. The smallest absolute Gasteiger partial charge is 0.342 e. The van der Waals surface area contributed by atoms with Gasteiger partial charge in [-0.1, -0.05) is 0 Å². The van der Waals surface area contributed by atoms with Gasteiger partial charge in [0.15, 0.2) is 0 Å². The topological polar surface area (TPSA) is 134 Å². The highest BCUT2D eigenvalue weighted by Crippen LogP contribution is 2.24. The summed E-state index contributed by atoms with van der Waals surface area (Å²) in [6, 6.07) is 0. The third-order valence-corrected chi connectivity index (χ3v) is 2.10. The molecular formula is C8H14O8. The van der Waals surface area contributed by atoms with E-state index in [9.17, 15) is 19.8 Å². The van der Waals surface area contributed by atoms with Crippen molar-refractivity contribution in [3.05, 3.63) is 0 Å². The van der Waals surface area contributed by atoms with Crippen LogP contribution in [-0.2, 0) is 19.1 Å². The van der Waals surface area contributed by atoms with E-state index in [1.807, 2.05) is 0 Å². The number of carboxylic acid groups (broad SMARTS) is 2. The van der Waals surface area contributed by atoms with Crippen LogP contribution in [0.1, 0.15) is 0 Å². The van der Waals surface area contributed by atoms with E-state index in [4.69, 9.17) is 10.2 Å². The third kappa shape index (κ3) is 2.30. The van der Waals surface area contributed by atoms with E-state index in [2.05, 4.69) is 9.47 Å². The fourth-order valence-corrected chi connectivity index (χ4v) is 1.13. The fraction of sp³-hybridized carbons (Fsp3) is 0.750. The van der Waals surface area contributed by atoms with Crippen molar-refractivity contribution in [1.29, 1.82) is 0 Å². The van der Waals surface area contributed by atoms with Crippen molar-refractivity contribution in [2.75, 3.05) is 27.4 Å². The average Bonchev–Trinajstić information content (AvgIpc) is 2.17. The Morgan fingerprint density at radius 3 is 1.31 bits per heavy atom. The first-order chi connectivity index (χ1) is 7.26. The molecule has 16 heavy (non-hydrogen) atoms. The molecule has 94 valence electrons. The van der Waals surface area contributed by atoms with Crippen molar-refractivity contribution < 1.29 is 39.5 Å². The largest absolute Gasteiger partial charge is 0.479 e. The molecule has 0 rings (SSSR count). The number of ether oxygens (including phenoxy) is 2. The van der Waals surface area contributed by atoms with Crippen LogP contribution in [0, 0.1) is 0 Å².